The molecule has 1 aromatic heterocycles. The molecule has 5 rings (SSSR count). The average molecular weight is 487 g/mol. The normalized spacial score (nSPS) is 21.0. The number of ether oxygens (including phenoxy) is 1. The number of aliphatic hydroxyl groups excluding tert-OH is 1. The van der Waals surface area contributed by atoms with Crippen LogP contribution in [0.2, 0.25) is 5.02 Å². The van der Waals surface area contributed by atoms with Gasteiger partial charge in [-0.05, 0) is 74.7 Å². The number of thiocarbonyl (C=S) groups is 1. The Morgan fingerprint density at radius 1 is 1.15 bits per heavy atom. The number of β-amino-alcohol motifs (C(OH)–C–C–N with tert-alkyl or cyclic N) is 1. The van der Waals surface area contributed by atoms with E-state index in [2.05, 4.69) is 9.88 Å². The van der Waals surface area contributed by atoms with E-state index in [9.17, 15) is 4.79 Å². The molecule has 1 aliphatic carbocycles. The minimum atomic E-state index is -0.638. The Morgan fingerprint density at radius 2 is 1.88 bits per heavy atom. The highest BCUT2D eigenvalue weighted by molar-refractivity contribution is 7.81. The second-order valence-electron chi connectivity index (χ2n) is 8.88. The van der Waals surface area contributed by atoms with Crippen molar-refractivity contribution >= 4 is 46.2 Å². The standard InChI is InChI=1S/C24H27ClN4O3S/c25-17-14-19(16-26-15-17)28-22(31)24(8-1-9-24)29(23(28)33)18-2-4-20(5-3-18)32-21-6-10-27(11-7-21)12-13-30/h2-5,14-16,21,30H,1,6-13H2. The lowest BCUT2D eigenvalue weighted by Crippen LogP contribution is -2.55. The molecular weight excluding hydrogens is 460 g/mol. The van der Waals surface area contributed by atoms with E-state index in [0.717, 1.165) is 63.2 Å². The number of hydrogen-bond donors (Lipinski definition) is 1. The van der Waals surface area contributed by atoms with Crippen molar-refractivity contribution in [3.8, 4) is 5.75 Å². The van der Waals surface area contributed by atoms with E-state index in [0.29, 0.717) is 15.8 Å². The molecule has 1 amide bonds. The Kier molecular flexibility index (Phi) is 6.26. The highest BCUT2D eigenvalue weighted by Crippen LogP contribution is 2.48. The van der Waals surface area contributed by atoms with Gasteiger partial charge in [-0.25, -0.2) is 0 Å². The number of nitrogens with zero attached hydrogens (tertiary/aromatic N) is 4. The SMILES string of the molecule is O=C1N(c2cncc(Cl)c2)C(=S)N(c2ccc(OC3CCN(CCO)CC3)cc2)C12CCC2. The average Bonchev–Trinajstić information content (AvgIpc) is 3.03. The number of likely N-dealkylation sites (tertiary alicyclic amines) is 1. The lowest BCUT2D eigenvalue weighted by molar-refractivity contribution is -0.123. The van der Waals surface area contributed by atoms with Crippen molar-refractivity contribution in [2.45, 2.75) is 43.7 Å². The Bertz CT molecular complexity index is 1040. The van der Waals surface area contributed by atoms with Crippen LogP contribution >= 0.6 is 23.8 Å². The number of anilines is 2. The Morgan fingerprint density at radius 3 is 2.48 bits per heavy atom. The summed E-state index contributed by atoms with van der Waals surface area (Å²) in [6.45, 7) is 2.79. The van der Waals surface area contributed by atoms with E-state index >= 15 is 0 Å². The van der Waals surface area contributed by atoms with Gasteiger partial charge in [0, 0.05) is 31.5 Å². The highest BCUT2D eigenvalue weighted by Gasteiger charge is 2.59. The summed E-state index contributed by atoms with van der Waals surface area (Å²) >= 11 is 11.9. The molecule has 3 fully saturated rings. The van der Waals surface area contributed by atoms with E-state index in [1.54, 1.807) is 23.4 Å². The smallest absolute Gasteiger partial charge is 0.259 e. The van der Waals surface area contributed by atoms with E-state index in [1.807, 2.05) is 29.2 Å². The first-order valence-electron chi connectivity index (χ1n) is 11.4. The molecule has 7 nitrogen and oxygen atoms in total. The Balaban J connectivity index is 1.33. The van der Waals surface area contributed by atoms with Crippen LogP contribution in [0.5, 0.6) is 5.75 Å². The zero-order valence-electron chi connectivity index (χ0n) is 18.3. The van der Waals surface area contributed by atoms with Crippen LogP contribution in [0.4, 0.5) is 11.4 Å². The molecule has 1 saturated carbocycles. The molecule has 0 atom stereocenters. The van der Waals surface area contributed by atoms with Gasteiger partial charge in [-0.15, -0.1) is 0 Å². The number of benzene rings is 1. The van der Waals surface area contributed by atoms with Crippen molar-refractivity contribution in [3.63, 3.8) is 0 Å². The maximum atomic E-state index is 13.5. The molecule has 2 aliphatic heterocycles. The molecule has 0 unspecified atom stereocenters. The highest BCUT2D eigenvalue weighted by atomic mass is 35.5. The fourth-order valence-electron chi connectivity index (χ4n) is 4.99. The van der Waals surface area contributed by atoms with Crippen LogP contribution in [-0.4, -0.2) is 63.9 Å². The predicted molar refractivity (Wildman–Crippen MR) is 132 cm³/mol. The van der Waals surface area contributed by atoms with Crippen molar-refractivity contribution in [1.29, 1.82) is 0 Å². The first kappa shape index (κ1) is 22.5. The van der Waals surface area contributed by atoms with Crippen molar-refractivity contribution in [2.24, 2.45) is 0 Å². The first-order chi connectivity index (χ1) is 16.0. The number of piperidine rings is 1. The van der Waals surface area contributed by atoms with Gasteiger partial charge in [-0.3, -0.25) is 14.7 Å². The molecule has 0 radical (unpaired) electrons. The third-order valence-corrected chi connectivity index (χ3v) is 7.46. The second-order valence-corrected chi connectivity index (χ2v) is 9.68. The first-order valence-corrected chi connectivity index (χ1v) is 12.2. The summed E-state index contributed by atoms with van der Waals surface area (Å²) in [4.78, 5) is 23.5. The van der Waals surface area contributed by atoms with Crippen LogP contribution < -0.4 is 14.5 Å². The van der Waals surface area contributed by atoms with Crippen LogP contribution in [-0.2, 0) is 4.79 Å². The van der Waals surface area contributed by atoms with Gasteiger partial charge in [0.1, 0.15) is 17.4 Å². The fourth-order valence-corrected chi connectivity index (χ4v) is 5.63. The van der Waals surface area contributed by atoms with Gasteiger partial charge in [0.05, 0.1) is 23.5 Å². The molecule has 1 N–H and O–H groups in total. The minimum Gasteiger partial charge on any atom is -0.490 e. The van der Waals surface area contributed by atoms with E-state index < -0.39 is 5.54 Å². The lowest BCUT2D eigenvalue weighted by atomic mass is 9.75. The summed E-state index contributed by atoms with van der Waals surface area (Å²) in [7, 11) is 0. The number of hydrogen-bond acceptors (Lipinski definition) is 6. The number of amides is 1. The number of carbonyl (C=O) groups excluding carboxylic acids is 1. The quantitative estimate of drug-likeness (QED) is 0.625. The third kappa shape index (κ3) is 4.10. The summed E-state index contributed by atoms with van der Waals surface area (Å²) in [5, 5.41) is 10.0. The lowest BCUT2D eigenvalue weighted by Gasteiger charge is -2.43. The molecular formula is C24H27ClN4O3S. The van der Waals surface area contributed by atoms with Crippen LogP contribution in [0.25, 0.3) is 0 Å². The molecule has 0 bridgehead atoms. The number of rotatable bonds is 6. The van der Waals surface area contributed by atoms with Crippen LogP contribution in [0.3, 0.4) is 0 Å². The molecule has 3 heterocycles. The fraction of sp³-hybridized carbons (Fsp3) is 0.458. The molecule has 9 heteroatoms. The van der Waals surface area contributed by atoms with Gasteiger partial charge < -0.3 is 19.6 Å². The van der Waals surface area contributed by atoms with Crippen LogP contribution in [0.15, 0.2) is 42.7 Å². The topological polar surface area (TPSA) is 69.1 Å². The zero-order valence-corrected chi connectivity index (χ0v) is 19.9. The van der Waals surface area contributed by atoms with E-state index in [4.69, 9.17) is 33.7 Å². The van der Waals surface area contributed by atoms with Crippen molar-refractivity contribution in [1.82, 2.24) is 9.88 Å². The molecule has 174 valence electrons. The number of aliphatic hydroxyl groups is 1. The van der Waals surface area contributed by atoms with E-state index in [1.165, 1.54) is 0 Å². The molecule has 1 aromatic carbocycles. The van der Waals surface area contributed by atoms with Gasteiger partial charge in [0.2, 0.25) is 0 Å². The maximum Gasteiger partial charge on any atom is 0.259 e. The zero-order chi connectivity index (χ0) is 23.0. The van der Waals surface area contributed by atoms with E-state index in [-0.39, 0.29) is 18.6 Å². The Labute approximate surface area is 203 Å². The summed E-state index contributed by atoms with van der Waals surface area (Å²) in [6, 6.07) is 9.60. The largest absolute Gasteiger partial charge is 0.490 e. The summed E-state index contributed by atoms with van der Waals surface area (Å²) < 4.78 is 6.20. The van der Waals surface area contributed by atoms with Gasteiger partial charge in [-0.1, -0.05) is 11.6 Å². The molecule has 33 heavy (non-hydrogen) atoms. The van der Waals surface area contributed by atoms with Gasteiger partial charge in [-0.2, -0.15) is 0 Å². The van der Waals surface area contributed by atoms with Crippen molar-refractivity contribution in [3.05, 3.63) is 47.7 Å². The summed E-state index contributed by atoms with van der Waals surface area (Å²) in [6.07, 6.45) is 7.74. The maximum absolute atomic E-state index is 13.5. The predicted octanol–water partition coefficient (Wildman–Crippen LogP) is 3.63. The number of carbonyl (C=O) groups is 1. The second kappa shape index (κ2) is 9.18. The van der Waals surface area contributed by atoms with Crippen molar-refractivity contribution in [2.75, 3.05) is 36.0 Å². The molecule has 2 aromatic rings. The van der Waals surface area contributed by atoms with Gasteiger partial charge in [0.15, 0.2) is 5.11 Å². The Hall–Kier alpha value is -2.26. The number of pyridine rings is 1. The van der Waals surface area contributed by atoms with Gasteiger partial charge in [0.25, 0.3) is 5.91 Å². The molecule has 1 spiro atoms. The third-order valence-electron chi connectivity index (χ3n) is 6.89. The number of aromatic nitrogens is 1. The summed E-state index contributed by atoms with van der Waals surface area (Å²) in [5.41, 5.74) is 0.843. The monoisotopic (exact) mass is 486 g/mol. The minimum absolute atomic E-state index is 0.0159. The molecule has 2 saturated heterocycles. The molecule has 3 aliphatic rings. The van der Waals surface area contributed by atoms with Crippen molar-refractivity contribution < 1.29 is 14.6 Å². The number of halogens is 1. The summed E-state index contributed by atoms with van der Waals surface area (Å²) in [5.74, 6) is 0.798. The van der Waals surface area contributed by atoms with Gasteiger partial charge >= 0.3 is 0 Å². The van der Waals surface area contributed by atoms with Crippen LogP contribution in [0, 0.1) is 0 Å². The van der Waals surface area contributed by atoms with Crippen LogP contribution in [0.1, 0.15) is 32.1 Å².